The third kappa shape index (κ3) is 7.65. The number of carbonyl (C=O) groups is 1. The van der Waals surface area contributed by atoms with Gasteiger partial charge in [0.1, 0.15) is 17.2 Å². The summed E-state index contributed by atoms with van der Waals surface area (Å²) >= 11 is 0. The third-order valence-corrected chi connectivity index (χ3v) is 7.49. The first-order valence-corrected chi connectivity index (χ1v) is 14.0. The number of hydrogen-bond acceptors (Lipinski definition) is 6. The van der Waals surface area contributed by atoms with Gasteiger partial charge in [0.05, 0.1) is 17.1 Å². The highest BCUT2D eigenvalue weighted by Crippen LogP contribution is 2.37. The van der Waals surface area contributed by atoms with E-state index in [1.54, 1.807) is 42.0 Å². The average molecular weight is 585 g/mol. The number of rotatable bonds is 10. The van der Waals surface area contributed by atoms with E-state index in [0.29, 0.717) is 23.1 Å². The zero-order valence-electron chi connectivity index (χ0n) is 21.9. The Morgan fingerprint density at radius 1 is 0.902 bits per heavy atom. The summed E-state index contributed by atoms with van der Waals surface area (Å²) in [4.78, 5) is 12.4. The molecule has 11 heteroatoms. The highest BCUT2D eigenvalue weighted by molar-refractivity contribution is 7.90. The number of sulfonamides is 1. The number of ether oxygens (including phenoxy) is 2. The molecule has 1 atom stereocenters. The van der Waals surface area contributed by atoms with Crippen LogP contribution in [0.4, 0.5) is 13.2 Å². The quantitative estimate of drug-likeness (QED) is 0.228. The second kappa shape index (κ2) is 12.4. The van der Waals surface area contributed by atoms with Gasteiger partial charge in [-0.05, 0) is 65.7 Å². The number of carbonyl (C=O) groups excluding carboxylic acids is 1. The molecule has 1 unspecified atom stereocenters. The molecule has 4 aromatic rings. The van der Waals surface area contributed by atoms with Crippen molar-refractivity contribution in [1.29, 1.82) is 0 Å². The number of para-hydroxylation sites is 1. The molecule has 0 saturated heterocycles. The molecule has 4 aromatic carbocycles. The van der Waals surface area contributed by atoms with Crippen LogP contribution in [0.15, 0.2) is 102 Å². The maximum atomic E-state index is 13.9. The molecule has 3 N–H and O–H groups in total. The van der Waals surface area contributed by atoms with Crippen molar-refractivity contribution in [2.45, 2.75) is 30.5 Å². The van der Waals surface area contributed by atoms with E-state index >= 15 is 0 Å². The highest BCUT2D eigenvalue weighted by Gasteiger charge is 2.35. The number of nitrogens with two attached hydrogens (primary N) is 1. The van der Waals surface area contributed by atoms with Gasteiger partial charge in [0.15, 0.2) is 0 Å². The van der Waals surface area contributed by atoms with Crippen molar-refractivity contribution in [3.8, 4) is 17.2 Å². The third-order valence-electron chi connectivity index (χ3n) is 6.14. The van der Waals surface area contributed by atoms with Crippen molar-refractivity contribution < 1.29 is 35.9 Å². The Balaban J connectivity index is 1.48. The summed E-state index contributed by atoms with van der Waals surface area (Å²) in [5.41, 5.74) is 5.25. The van der Waals surface area contributed by atoms with E-state index in [1.165, 1.54) is 24.3 Å². The van der Waals surface area contributed by atoms with E-state index in [1.807, 2.05) is 24.3 Å². The lowest BCUT2D eigenvalue weighted by molar-refractivity contribution is -0.139. The molecule has 0 fully saturated rings. The van der Waals surface area contributed by atoms with Gasteiger partial charge in [-0.1, -0.05) is 49.4 Å². The van der Waals surface area contributed by atoms with Crippen LogP contribution < -0.4 is 19.9 Å². The van der Waals surface area contributed by atoms with E-state index < -0.39 is 39.0 Å². The minimum atomic E-state index is -4.87. The average Bonchev–Trinajstić information content (AvgIpc) is 2.96. The van der Waals surface area contributed by atoms with Gasteiger partial charge in [-0.25, -0.2) is 13.1 Å². The van der Waals surface area contributed by atoms with Crippen LogP contribution in [0.3, 0.4) is 0 Å². The molecule has 7 nitrogen and oxygen atoms in total. The van der Waals surface area contributed by atoms with Gasteiger partial charge >= 0.3 is 6.18 Å². The van der Waals surface area contributed by atoms with Gasteiger partial charge in [-0.3, -0.25) is 4.79 Å². The van der Waals surface area contributed by atoms with Gasteiger partial charge in [0.2, 0.25) is 0 Å². The van der Waals surface area contributed by atoms with Crippen LogP contribution in [0.2, 0.25) is 0 Å². The number of halogens is 3. The Morgan fingerprint density at radius 2 is 1.59 bits per heavy atom. The SMILES string of the molecule is CC(COc1ccc(C(=O)NS(=O)(=O)c2ccc(CN)cc2)cc1C(F)(F)F)c1cccc(Oc2ccccc2)c1. The van der Waals surface area contributed by atoms with Gasteiger partial charge in [0, 0.05) is 18.0 Å². The summed E-state index contributed by atoms with van der Waals surface area (Å²) in [6, 6.07) is 24.4. The zero-order chi connectivity index (χ0) is 29.6. The Kier molecular flexibility index (Phi) is 8.99. The Bertz CT molecular complexity index is 1610. The highest BCUT2D eigenvalue weighted by atomic mass is 32.2. The van der Waals surface area contributed by atoms with Crippen molar-refractivity contribution >= 4 is 15.9 Å². The van der Waals surface area contributed by atoms with Crippen molar-refractivity contribution in [3.63, 3.8) is 0 Å². The second-order valence-electron chi connectivity index (χ2n) is 9.19. The molecule has 0 bridgehead atoms. The minimum Gasteiger partial charge on any atom is -0.492 e. The van der Waals surface area contributed by atoms with Gasteiger partial charge in [-0.15, -0.1) is 0 Å². The van der Waals surface area contributed by atoms with Crippen molar-refractivity contribution in [2.75, 3.05) is 6.61 Å². The van der Waals surface area contributed by atoms with E-state index in [4.69, 9.17) is 15.2 Å². The maximum absolute atomic E-state index is 13.9. The molecule has 41 heavy (non-hydrogen) atoms. The van der Waals surface area contributed by atoms with Crippen LogP contribution in [0, 0.1) is 0 Å². The predicted octanol–water partition coefficient (Wildman–Crippen LogP) is 6.26. The molecule has 0 radical (unpaired) electrons. The van der Waals surface area contributed by atoms with E-state index in [9.17, 15) is 26.4 Å². The molecule has 1 amide bonds. The number of amides is 1. The minimum absolute atomic E-state index is 0.101. The Labute approximate surface area is 235 Å². The first kappa shape index (κ1) is 29.6. The summed E-state index contributed by atoms with van der Waals surface area (Å²) in [6.07, 6.45) is -4.87. The van der Waals surface area contributed by atoms with Gasteiger partial charge in [0.25, 0.3) is 15.9 Å². The summed E-state index contributed by atoms with van der Waals surface area (Å²) in [7, 11) is -4.33. The van der Waals surface area contributed by atoms with Gasteiger partial charge < -0.3 is 15.2 Å². The fourth-order valence-corrected chi connectivity index (χ4v) is 4.86. The molecule has 0 aliphatic carbocycles. The summed E-state index contributed by atoms with van der Waals surface area (Å²) in [5.74, 6) is -0.803. The second-order valence-corrected chi connectivity index (χ2v) is 10.9. The fourth-order valence-electron chi connectivity index (χ4n) is 3.88. The number of hydrogen-bond donors (Lipinski definition) is 2. The van der Waals surface area contributed by atoms with Crippen molar-refractivity contribution in [2.24, 2.45) is 5.73 Å². The zero-order valence-corrected chi connectivity index (χ0v) is 22.7. The lowest BCUT2D eigenvalue weighted by Gasteiger charge is -2.18. The van der Waals surface area contributed by atoms with Crippen LogP contribution in [0.5, 0.6) is 17.2 Å². The largest absolute Gasteiger partial charge is 0.492 e. The summed E-state index contributed by atoms with van der Waals surface area (Å²) in [6.45, 7) is 1.88. The molecular formula is C30H27F3N2O5S. The number of alkyl halides is 3. The normalized spacial score (nSPS) is 12.4. The van der Waals surface area contributed by atoms with Gasteiger partial charge in [-0.2, -0.15) is 13.2 Å². The Hall–Kier alpha value is -4.35. The maximum Gasteiger partial charge on any atom is 0.419 e. The molecule has 214 valence electrons. The molecule has 0 aliphatic rings. The molecule has 0 saturated carbocycles. The first-order chi connectivity index (χ1) is 19.5. The topological polar surface area (TPSA) is 108 Å². The predicted molar refractivity (Wildman–Crippen MR) is 147 cm³/mol. The summed E-state index contributed by atoms with van der Waals surface area (Å²) in [5, 5.41) is 0. The molecule has 0 aromatic heterocycles. The molecule has 4 rings (SSSR count). The van der Waals surface area contributed by atoms with Crippen LogP contribution in [-0.2, 0) is 22.7 Å². The van der Waals surface area contributed by atoms with Crippen LogP contribution in [0.1, 0.15) is 39.9 Å². The molecule has 0 heterocycles. The molecular weight excluding hydrogens is 557 g/mol. The first-order valence-electron chi connectivity index (χ1n) is 12.5. The standard InChI is InChI=1S/C30H27F3N2O5S/c1-20(22-6-5-9-25(16-22)40-24-7-3-2-4-8-24)19-39-28-15-12-23(17-27(28)30(31,32)33)29(36)35-41(37,38)26-13-10-21(18-34)11-14-26/h2-17,20H,18-19,34H2,1H3,(H,35,36). The smallest absolute Gasteiger partial charge is 0.419 e. The molecule has 0 aliphatic heterocycles. The van der Waals surface area contributed by atoms with E-state index in [0.717, 1.165) is 17.7 Å². The van der Waals surface area contributed by atoms with E-state index in [2.05, 4.69) is 0 Å². The number of benzene rings is 4. The van der Waals surface area contributed by atoms with E-state index in [-0.39, 0.29) is 24.0 Å². The van der Waals surface area contributed by atoms with Crippen LogP contribution in [-0.4, -0.2) is 20.9 Å². The monoisotopic (exact) mass is 584 g/mol. The lowest BCUT2D eigenvalue weighted by Crippen LogP contribution is -2.30. The summed E-state index contributed by atoms with van der Waals surface area (Å²) < 4.78 is 80.1. The Morgan fingerprint density at radius 3 is 2.24 bits per heavy atom. The van der Waals surface area contributed by atoms with Crippen molar-refractivity contribution in [1.82, 2.24) is 4.72 Å². The van der Waals surface area contributed by atoms with Crippen molar-refractivity contribution in [3.05, 3.63) is 119 Å². The van der Waals surface area contributed by atoms with Crippen LogP contribution >= 0.6 is 0 Å². The number of nitrogens with one attached hydrogen (secondary N) is 1. The fraction of sp³-hybridized carbons (Fsp3) is 0.167. The lowest BCUT2D eigenvalue weighted by atomic mass is 10.0. The van der Waals surface area contributed by atoms with Crippen LogP contribution in [0.25, 0.3) is 0 Å². The molecule has 0 spiro atoms.